The second-order valence-corrected chi connectivity index (χ2v) is 5.88. The van der Waals surface area contributed by atoms with Crippen LogP contribution in [0.15, 0.2) is 0 Å². The van der Waals surface area contributed by atoms with Crippen molar-refractivity contribution in [3.8, 4) is 0 Å². The highest BCUT2D eigenvalue weighted by atomic mass is 16.5. The molecule has 1 aliphatic rings. The molecule has 1 unspecified atom stereocenters. The maximum atomic E-state index is 11.6. The molecule has 0 N–H and O–H groups in total. The first-order valence-corrected chi connectivity index (χ1v) is 7.93. The summed E-state index contributed by atoms with van der Waals surface area (Å²) >= 11 is 0. The van der Waals surface area contributed by atoms with Crippen molar-refractivity contribution in [2.45, 2.75) is 65.2 Å². The monoisotopic (exact) mass is 284 g/mol. The molecule has 1 fully saturated rings. The van der Waals surface area contributed by atoms with Gasteiger partial charge in [0.2, 0.25) is 0 Å². The van der Waals surface area contributed by atoms with Crippen LogP contribution in [0.3, 0.4) is 0 Å². The lowest BCUT2D eigenvalue weighted by Gasteiger charge is -2.20. The van der Waals surface area contributed by atoms with Gasteiger partial charge in [-0.2, -0.15) is 0 Å². The van der Waals surface area contributed by atoms with Gasteiger partial charge in [0.15, 0.2) is 0 Å². The maximum Gasteiger partial charge on any atom is 0.306 e. The molecule has 0 spiro atoms. The van der Waals surface area contributed by atoms with E-state index in [9.17, 15) is 9.59 Å². The molecular weight excluding hydrogens is 256 g/mol. The van der Waals surface area contributed by atoms with Crippen molar-refractivity contribution < 1.29 is 19.1 Å². The van der Waals surface area contributed by atoms with E-state index < -0.39 is 0 Å². The van der Waals surface area contributed by atoms with Crippen LogP contribution in [0, 0.1) is 11.8 Å². The fraction of sp³-hybridized carbons (Fsp3) is 0.875. The summed E-state index contributed by atoms with van der Waals surface area (Å²) in [7, 11) is 0. The lowest BCUT2D eigenvalue weighted by Crippen LogP contribution is -2.18. The number of hydrogen-bond acceptors (Lipinski definition) is 4. The molecule has 0 aromatic rings. The first kappa shape index (κ1) is 17.0. The molecule has 0 bridgehead atoms. The molecule has 1 atom stereocenters. The van der Waals surface area contributed by atoms with E-state index >= 15 is 0 Å². The average Bonchev–Trinajstić information content (AvgIpc) is 2.49. The molecule has 0 amide bonds. The minimum absolute atomic E-state index is 0.125. The summed E-state index contributed by atoms with van der Waals surface area (Å²) in [6.07, 6.45) is 7.33. The van der Waals surface area contributed by atoms with Gasteiger partial charge in [-0.25, -0.2) is 0 Å². The van der Waals surface area contributed by atoms with Crippen LogP contribution in [0.4, 0.5) is 0 Å². The summed E-state index contributed by atoms with van der Waals surface area (Å²) in [5, 5.41) is 0. The molecule has 116 valence electrons. The van der Waals surface area contributed by atoms with Crippen molar-refractivity contribution in [2.24, 2.45) is 11.8 Å². The van der Waals surface area contributed by atoms with Crippen LogP contribution in [-0.2, 0) is 19.1 Å². The molecule has 1 rings (SSSR count). The van der Waals surface area contributed by atoms with Crippen LogP contribution in [0.5, 0.6) is 0 Å². The molecule has 4 nitrogen and oxygen atoms in total. The molecule has 4 heteroatoms. The van der Waals surface area contributed by atoms with E-state index in [2.05, 4.69) is 6.92 Å². The summed E-state index contributed by atoms with van der Waals surface area (Å²) in [6, 6.07) is 0. The van der Waals surface area contributed by atoms with Crippen molar-refractivity contribution in [2.75, 3.05) is 13.2 Å². The Balaban J connectivity index is 2.05. The summed E-state index contributed by atoms with van der Waals surface area (Å²) in [4.78, 5) is 23.0. The second-order valence-electron chi connectivity index (χ2n) is 5.88. The zero-order valence-electron chi connectivity index (χ0n) is 12.9. The molecule has 0 radical (unpaired) electrons. The van der Waals surface area contributed by atoms with E-state index in [1.54, 1.807) is 0 Å². The topological polar surface area (TPSA) is 52.6 Å². The number of hydrogen-bond donors (Lipinski definition) is 0. The van der Waals surface area contributed by atoms with Gasteiger partial charge in [-0.15, -0.1) is 0 Å². The third-order valence-electron chi connectivity index (χ3n) is 3.96. The SMILES string of the molecule is CCC(C)COC(=O)CCC(=O)OCC1CCCCC1. The molecule has 0 aromatic heterocycles. The molecule has 0 saturated heterocycles. The van der Waals surface area contributed by atoms with Crippen LogP contribution < -0.4 is 0 Å². The Morgan fingerprint density at radius 3 is 2.25 bits per heavy atom. The van der Waals surface area contributed by atoms with Crippen LogP contribution in [0.2, 0.25) is 0 Å². The van der Waals surface area contributed by atoms with Crippen molar-refractivity contribution in [1.29, 1.82) is 0 Å². The van der Waals surface area contributed by atoms with Crippen LogP contribution in [-0.4, -0.2) is 25.2 Å². The van der Waals surface area contributed by atoms with Gasteiger partial charge in [0.1, 0.15) is 0 Å². The quantitative estimate of drug-likeness (QED) is 0.640. The van der Waals surface area contributed by atoms with Gasteiger partial charge in [0, 0.05) is 0 Å². The van der Waals surface area contributed by atoms with E-state index in [0.717, 1.165) is 19.3 Å². The summed E-state index contributed by atoms with van der Waals surface area (Å²) < 4.78 is 10.3. The third-order valence-corrected chi connectivity index (χ3v) is 3.96. The largest absolute Gasteiger partial charge is 0.465 e. The minimum atomic E-state index is -0.306. The highest BCUT2D eigenvalue weighted by molar-refractivity contribution is 5.77. The van der Waals surface area contributed by atoms with E-state index in [-0.39, 0.29) is 24.8 Å². The number of esters is 2. The van der Waals surface area contributed by atoms with E-state index in [1.807, 2.05) is 6.92 Å². The zero-order chi connectivity index (χ0) is 14.8. The van der Waals surface area contributed by atoms with Crippen molar-refractivity contribution in [3.63, 3.8) is 0 Å². The number of rotatable bonds is 8. The molecule has 1 saturated carbocycles. The smallest absolute Gasteiger partial charge is 0.306 e. The van der Waals surface area contributed by atoms with Gasteiger partial charge in [-0.1, -0.05) is 39.5 Å². The molecular formula is C16H28O4. The van der Waals surface area contributed by atoms with Crippen LogP contribution in [0.1, 0.15) is 65.2 Å². The lowest BCUT2D eigenvalue weighted by atomic mass is 9.90. The van der Waals surface area contributed by atoms with Gasteiger partial charge in [0.25, 0.3) is 0 Å². The fourth-order valence-electron chi connectivity index (χ4n) is 2.27. The first-order chi connectivity index (χ1) is 9.61. The van der Waals surface area contributed by atoms with Gasteiger partial charge < -0.3 is 9.47 Å². The van der Waals surface area contributed by atoms with E-state index in [4.69, 9.17) is 9.47 Å². The molecule has 0 heterocycles. The standard InChI is InChI=1S/C16H28O4/c1-3-13(2)11-19-15(17)9-10-16(18)20-12-14-7-5-4-6-8-14/h13-14H,3-12H2,1-2H3. The Hall–Kier alpha value is -1.06. The first-order valence-electron chi connectivity index (χ1n) is 7.93. The normalized spacial score (nSPS) is 17.5. The predicted molar refractivity (Wildman–Crippen MR) is 77.2 cm³/mol. The number of ether oxygens (including phenoxy) is 2. The van der Waals surface area contributed by atoms with E-state index in [0.29, 0.717) is 25.0 Å². The fourth-order valence-corrected chi connectivity index (χ4v) is 2.27. The predicted octanol–water partition coefficient (Wildman–Crippen LogP) is 3.48. The highest BCUT2D eigenvalue weighted by Crippen LogP contribution is 2.23. The van der Waals surface area contributed by atoms with Gasteiger partial charge in [-0.3, -0.25) is 9.59 Å². The third kappa shape index (κ3) is 7.51. The minimum Gasteiger partial charge on any atom is -0.465 e. The van der Waals surface area contributed by atoms with Crippen molar-refractivity contribution in [1.82, 2.24) is 0 Å². The Labute approximate surface area is 122 Å². The number of carbonyl (C=O) groups excluding carboxylic acids is 2. The lowest BCUT2D eigenvalue weighted by molar-refractivity contribution is -0.151. The summed E-state index contributed by atoms with van der Waals surface area (Å²) in [5.41, 5.74) is 0. The maximum absolute atomic E-state index is 11.6. The van der Waals surface area contributed by atoms with Crippen LogP contribution in [0.25, 0.3) is 0 Å². The van der Waals surface area contributed by atoms with Crippen molar-refractivity contribution in [3.05, 3.63) is 0 Å². The second kappa shape index (κ2) is 9.78. The van der Waals surface area contributed by atoms with Gasteiger partial charge >= 0.3 is 11.9 Å². The summed E-state index contributed by atoms with van der Waals surface area (Å²) in [5.74, 6) is 0.304. The average molecular weight is 284 g/mol. The Morgan fingerprint density at radius 2 is 1.65 bits per heavy atom. The molecule has 0 aliphatic heterocycles. The Kier molecular flexibility index (Phi) is 8.31. The Morgan fingerprint density at radius 1 is 1.05 bits per heavy atom. The van der Waals surface area contributed by atoms with Crippen molar-refractivity contribution >= 4 is 11.9 Å². The molecule has 1 aliphatic carbocycles. The van der Waals surface area contributed by atoms with E-state index in [1.165, 1.54) is 19.3 Å². The zero-order valence-corrected chi connectivity index (χ0v) is 12.9. The van der Waals surface area contributed by atoms with Gasteiger partial charge in [-0.05, 0) is 24.7 Å². The van der Waals surface area contributed by atoms with Gasteiger partial charge in [0.05, 0.1) is 26.1 Å². The number of carbonyl (C=O) groups is 2. The van der Waals surface area contributed by atoms with Crippen LogP contribution >= 0.6 is 0 Å². The summed E-state index contributed by atoms with van der Waals surface area (Å²) in [6.45, 7) is 5.04. The Bertz CT molecular complexity index is 295. The molecule has 0 aromatic carbocycles. The highest BCUT2D eigenvalue weighted by Gasteiger charge is 2.16. The molecule has 20 heavy (non-hydrogen) atoms.